The van der Waals surface area contributed by atoms with Gasteiger partial charge in [-0.3, -0.25) is 0 Å². The van der Waals surface area contributed by atoms with Crippen LogP contribution in [0.2, 0.25) is 0 Å². The van der Waals surface area contributed by atoms with E-state index in [9.17, 15) is 22.0 Å². The van der Waals surface area contributed by atoms with Crippen LogP contribution in [-0.4, -0.2) is 6.11 Å². The van der Waals surface area contributed by atoms with Gasteiger partial charge in [-0.2, -0.15) is 8.78 Å². The molecule has 0 N–H and O–H groups in total. The molecule has 0 heterocycles. The highest BCUT2D eigenvalue weighted by atomic mass is 19.3. The van der Waals surface area contributed by atoms with Crippen molar-refractivity contribution in [3.8, 4) is 5.75 Å². The molecule has 0 amide bonds. The summed E-state index contributed by atoms with van der Waals surface area (Å²) >= 11 is 0. The Balaban J connectivity index is 1.10. The van der Waals surface area contributed by atoms with E-state index >= 15 is 4.39 Å². The van der Waals surface area contributed by atoms with Gasteiger partial charge < -0.3 is 4.74 Å². The van der Waals surface area contributed by atoms with E-state index in [0.717, 1.165) is 36.2 Å². The molecule has 3 fully saturated rings. The first-order valence-electron chi connectivity index (χ1n) is 17.3. The van der Waals surface area contributed by atoms with Gasteiger partial charge in [-0.05, 0) is 117 Å². The minimum atomic E-state index is -3.66. The molecule has 2 aromatic carbocycles. The van der Waals surface area contributed by atoms with Crippen molar-refractivity contribution in [3.05, 3.63) is 70.8 Å². The van der Waals surface area contributed by atoms with E-state index < -0.39 is 35.0 Å². The number of ether oxygens (including phenoxy) is 1. The van der Waals surface area contributed by atoms with Gasteiger partial charge >= 0.3 is 6.11 Å². The van der Waals surface area contributed by atoms with Crippen LogP contribution in [0.25, 0.3) is 6.08 Å². The molecular formula is C38H48F6O. The van der Waals surface area contributed by atoms with Crippen molar-refractivity contribution in [2.24, 2.45) is 23.7 Å². The highest BCUT2D eigenvalue weighted by Gasteiger charge is 2.44. The second-order valence-corrected chi connectivity index (χ2v) is 14.0. The van der Waals surface area contributed by atoms with Gasteiger partial charge in [0.1, 0.15) is 23.2 Å². The highest BCUT2D eigenvalue weighted by Crippen LogP contribution is 2.47. The summed E-state index contributed by atoms with van der Waals surface area (Å²) in [6.07, 6.45) is 13.4. The Hall–Kier alpha value is -2.44. The monoisotopic (exact) mass is 634 g/mol. The van der Waals surface area contributed by atoms with E-state index in [2.05, 4.69) is 6.92 Å². The Morgan fingerprint density at radius 3 is 1.91 bits per heavy atom. The zero-order valence-corrected chi connectivity index (χ0v) is 26.5. The van der Waals surface area contributed by atoms with Crippen molar-refractivity contribution in [1.82, 2.24) is 0 Å². The summed E-state index contributed by atoms with van der Waals surface area (Å²) in [5.41, 5.74) is 0.960. The van der Waals surface area contributed by atoms with Gasteiger partial charge in [-0.15, -0.1) is 0 Å². The molecule has 3 aliphatic rings. The van der Waals surface area contributed by atoms with Gasteiger partial charge in [-0.1, -0.05) is 57.6 Å². The molecule has 0 bridgehead atoms. The van der Waals surface area contributed by atoms with Gasteiger partial charge in [0.25, 0.3) is 0 Å². The van der Waals surface area contributed by atoms with Gasteiger partial charge in [0.15, 0.2) is 0 Å². The molecule has 0 unspecified atom stereocenters. The predicted molar refractivity (Wildman–Crippen MR) is 167 cm³/mol. The van der Waals surface area contributed by atoms with Crippen molar-refractivity contribution in [2.75, 3.05) is 0 Å². The zero-order valence-electron chi connectivity index (χ0n) is 26.5. The summed E-state index contributed by atoms with van der Waals surface area (Å²) < 4.78 is 90.6. The number of hydrogen-bond acceptors (Lipinski definition) is 1. The third-order valence-corrected chi connectivity index (χ3v) is 11.2. The van der Waals surface area contributed by atoms with Crippen LogP contribution in [-0.2, 0) is 0 Å². The van der Waals surface area contributed by atoms with Crippen LogP contribution in [0.4, 0.5) is 26.3 Å². The molecule has 7 heteroatoms. The van der Waals surface area contributed by atoms with Gasteiger partial charge in [0, 0.05) is 17.7 Å². The number of hydrogen-bond donors (Lipinski definition) is 0. The molecule has 248 valence electrons. The van der Waals surface area contributed by atoms with E-state index in [-0.39, 0.29) is 30.9 Å². The lowest BCUT2D eigenvalue weighted by molar-refractivity contribution is -0.222. The van der Waals surface area contributed by atoms with Crippen molar-refractivity contribution >= 4 is 6.08 Å². The van der Waals surface area contributed by atoms with Gasteiger partial charge in [0.05, 0.1) is 12.2 Å². The van der Waals surface area contributed by atoms with Crippen molar-refractivity contribution in [1.29, 1.82) is 0 Å². The smallest absolute Gasteiger partial charge is 0.400 e. The first-order valence-corrected chi connectivity index (χ1v) is 17.3. The largest absolute Gasteiger partial charge is 0.432 e. The van der Waals surface area contributed by atoms with Crippen LogP contribution >= 0.6 is 0 Å². The van der Waals surface area contributed by atoms with E-state index in [0.29, 0.717) is 42.5 Å². The Bertz CT molecular complexity index is 1240. The molecule has 3 saturated carbocycles. The van der Waals surface area contributed by atoms with Crippen molar-refractivity contribution in [3.63, 3.8) is 0 Å². The lowest BCUT2D eigenvalue weighted by Crippen LogP contribution is -2.37. The van der Waals surface area contributed by atoms with E-state index in [4.69, 9.17) is 4.74 Å². The van der Waals surface area contributed by atoms with Gasteiger partial charge in [0.2, 0.25) is 0 Å². The zero-order chi connectivity index (χ0) is 32.0. The average Bonchev–Trinajstić information content (AvgIpc) is 3.03. The molecular weight excluding hydrogens is 586 g/mol. The Morgan fingerprint density at radius 2 is 1.33 bits per heavy atom. The summed E-state index contributed by atoms with van der Waals surface area (Å²) in [5.74, 6) is -1.68. The molecule has 45 heavy (non-hydrogen) atoms. The molecule has 5 rings (SSSR count). The van der Waals surface area contributed by atoms with Crippen LogP contribution in [0.1, 0.15) is 138 Å². The fraction of sp³-hybridized carbons (Fsp3) is 0.632. The molecule has 0 radical (unpaired) electrons. The SMILES string of the molecule is CCCCCC1CCC(C2CCC(c3ccc(C4CCC(C(F)(F)Oc5cc(F)c(C=CF)c(F)c5)CC4)c(F)c3)CC2)CC1. The lowest BCUT2D eigenvalue weighted by Gasteiger charge is -2.38. The normalized spacial score (nSPS) is 28.0. The first kappa shape index (κ1) is 33.9. The summed E-state index contributed by atoms with van der Waals surface area (Å²) in [7, 11) is 0. The third kappa shape index (κ3) is 8.48. The van der Waals surface area contributed by atoms with Gasteiger partial charge in [-0.25, -0.2) is 17.6 Å². The summed E-state index contributed by atoms with van der Waals surface area (Å²) in [5, 5.41) is 0. The lowest BCUT2D eigenvalue weighted by atomic mass is 9.68. The van der Waals surface area contributed by atoms with Crippen LogP contribution in [0.5, 0.6) is 5.75 Å². The predicted octanol–water partition coefficient (Wildman–Crippen LogP) is 12.7. The fourth-order valence-electron chi connectivity index (χ4n) is 8.51. The second-order valence-electron chi connectivity index (χ2n) is 14.0. The maximum absolute atomic E-state index is 15.4. The van der Waals surface area contributed by atoms with Crippen LogP contribution in [0, 0.1) is 41.1 Å². The van der Waals surface area contributed by atoms with E-state index in [1.54, 1.807) is 6.07 Å². The van der Waals surface area contributed by atoms with Crippen LogP contribution in [0.3, 0.4) is 0 Å². The summed E-state index contributed by atoms with van der Waals surface area (Å²) in [6.45, 7) is 2.27. The number of halogens is 6. The van der Waals surface area contributed by atoms with E-state index in [1.807, 2.05) is 12.1 Å². The molecule has 0 spiro atoms. The number of unbranched alkanes of at least 4 members (excludes halogenated alkanes) is 2. The Labute approximate surface area is 264 Å². The number of rotatable bonds is 11. The standard InChI is InChI=1S/C38H48F6O/c1-2-3-4-5-25-6-8-26(9-7-25)27-10-12-28(13-11-27)30-16-19-33(35(40)22-30)29-14-17-31(18-15-29)38(43,44)45-32-23-36(41)34(20-21-39)37(42)24-32/h16,19-29,31H,2-15,17-18H2,1H3. The molecule has 0 saturated heterocycles. The molecule has 0 aliphatic heterocycles. The maximum Gasteiger partial charge on any atom is 0.400 e. The van der Waals surface area contributed by atoms with Crippen molar-refractivity contribution < 1.29 is 31.1 Å². The van der Waals surface area contributed by atoms with E-state index in [1.165, 1.54) is 64.2 Å². The molecule has 1 nitrogen and oxygen atoms in total. The highest BCUT2D eigenvalue weighted by molar-refractivity contribution is 5.51. The number of benzene rings is 2. The Morgan fingerprint density at radius 1 is 0.733 bits per heavy atom. The molecule has 0 aromatic heterocycles. The fourth-order valence-corrected chi connectivity index (χ4v) is 8.51. The first-order chi connectivity index (χ1) is 21.7. The Kier molecular flexibility index (Phi) is 11.6. The molecule has 2 aromatic rings. The maximum atomic E-state index is 15.4. The quantitative estimate of drug-likeness (QED) is 0.177. The molecule has 0 atom stereocenters. The summed E-state index contributed by atoms with van der Waals surface area (Å²) in [6, 6.07) is 6.83. The summed E-state index contributed by atoms with van der Waals surface area (Å²) in [4.78, 5) is 0. The second kappa shape index (κ2) is 15.4. The topological polar surface area (TPSA) is 9.23 Å². The average molecular weight is 635 g/mol. The van der Waals surface area contributed by atoms with Crippen molar-refractivity contribution in [2.45, 2.75) is 128 Å². The molecule has 3 aliphatic carbocycles. The van der Waals surface area contributed by atoms with Crippen LogP contribution < -0.4 is 4.74 Å². The van der Waals surface area contributed by atoms with Crippen LogP contribution in [0.15, 0.2) is 36.7 Å². The minimum absolute atomic E-state index is 0.0303. The third-order valence-electron chi connectivity index (χ3n) is 11.2. The minimum Gasteiger partial charge on any atom is -0.432 e. The number of alkyl halides is 2.